The summed E-state index contributed by atoms with van der Waals surface area (Å²) in [6.45, 7) is 6.92. The predicted molar refractivity (Wildman–Crippen MR) is 55.5 cm³/mol. The Morgan fingerprint density at radius 1 is 0.923 bits per heavy atom. The molecule has 0 spiro atoms. The van der Waals surface area contributed by atoms with Crippen LogP contribution in [0.1, 0.15) is 59.3 Å². The van der Waals surface area contributed by atoms with Crippen molar-refractivity contribution in [2.45, 2.75) is 65.4 Å². The van der Waals surface area contributed by atoms with Crippen molar-refractivity contribution >= 4 is 0 Å². The zero-order valence-electron chi connectivity index (χ0n) is 9.34. The smallest absolute Gasteiger partial charge is 0.0873 e. The van der Waals surface area contributed by atoms with Crippen molar-refractivity contribution in [1.29, 1.82) is 0 Å². The van der Waals surface area contributed by atoms with Gasteiger partial charge in [-0.25, -0.2) is 9.78 Å². The van der Waals surface area contributed by atoms with E-state index in [9.17, 15) is 0 Å². The second-order valence-electron chi connectivity index (χ2n) is 3.73. The van der Waals surface area contributed by atoms with E-state index < -0.39 is 0 Å². The first kappa shape index (κ1) is 12.9. The molecule has 13 heavy (non-hydrogen) atoms. The van der Waals surface area contributed by atoms with Crippen molar-refractivity contribution in [1.82, 2.24) is 0 Å². The lowest BCUT2D eigenvalue weighted by atomic mass is 10.1. The van der Waals surface area contributed by atoms with Crippen LogP contribution in [0.3, 0.4) is 0 Å². The maximum absolute atomic E-state index is 5.00. The number of hydrogen-bond donors (Lipinski definition) is 0. The van der Waals surface area contributed by atoms with Gasteiger partial charge in [0.25, 0.3) is 0 Å². The molecule has 0 heterocycles. The molecule has 0 aromatic carbocycles. The van der Waals surface area contributed by atoms with Crippen molar-refractivity contribution in [3.63, 3.8) is 0 Å². The molecule has 0 amide bonds. The monoisotopic (exact) mass is 188 g/mol. The van der Waals surface area contributed by atoms with Crippen molar-refractivity contribution in [2.75, 3.05) is 6.61 Å². The first-order valence-corrected chi connectivity index (χ1v) is 5.55. The minimum absolute atomic E-state index is 0.181. The van der Waals surface area contributed by atoms with E-state index >= 15 is 0 Å². The van der Waals surface area contributed by atoms with Crippen LogP contribution in [-0.4, -0.2) is 12.7 Å². The minimum atomic E-state index is 0.181. The second-order valence-corrected chi connectivity index (χ2v) is 3.73. The van der Waals surface area contributed by atoms with E-state index in [0.29, 0.717) is 0 Å². The van der Waals surface area contributed by atoms with Crippen LogP contribution in [0.5, 0.6) is 0 Å². The van der Waals surface area contributed by atoms with Gasteiger partial charge in [-0.1, -0.05) is 39.0 Å². The molecule has 2 heteroatoms. The summed E-state index contributed by atoms with van der Waals surface area (Å²) in [5.74, 6) is 0. The summed E-state index contributed by atoms with van der Waals surface area (Å²) in [5.41, 5.74) is 0. The van der Waals surface area contributed by atoms with Gasteiger partial charge in [-0.3, -0.25) is 0 Å². The lowest BCUT2D eigenvalue weighted by Gasteiger charge is -2.06. The highest BCUT2D eigenvalue weighted by atomic mass is 17.2. The van der Waals surface area contributed by atoms with E-state index in [-0.39, 0.29) is 6.10 Å². The topological polar surface area (TPSA) is 18.5 Å². The van der Waals surface area contributed by atoms with Gasteiger partial charge < -0.3 is 0 Å². The van der Waals surface area contributed by atoms with Crippen LogP contribution in [0.4, 0.5) is 0 Å². The highest BCUT2D eigenvalue weighted by molar-refractivity contribution is 4.42. The summed E-state index contributed by atoms with van der Waals surface area (Å²) in [7, 11) is 0. The molecule has 0 aromatic heterocycles. The van der Waals surface area contributed by atoms with E-state index in [0.717, 1.165) is 13.0 Å². The Kier molecular flexibility index (Phi) is 9.94. The third-order valence-electron chi connectivity index (χ3n) is 1.84. The zero-order chi connectivity index (χ0) is 9.94. The molecule has 80 valence electrons. The predicted octanol–water partition coefficient (Wildman–Crippen LogP) is 3.70. The van der Waals surface area contributed by atoms with Gasteiger partial charge in [0.1, 0.15) is 0 Å². The van der Waals surface area contributed by atoms with Gasteiger partial charge in [-0.05, 0) is 20.3 Å². The molecule has 0 unspecified atom stereocenters. The number of unbranched alkanes of at least 4 members (excludes halogenated alkanes) is 5. The highest BCUT2D eigenvalue weighted by Gasteiger charge is 1.94. The lowest BCUT2D eigenvalue weighted by molar-refractivity contribution is -0.317. The van der Waals surface area contributed by atoms with Crippen LogP contribution in [0, 0.1) is 0 Å². The Morgan fingerprint density at radius 3 is 2.15 bits per heavy atom. The SMILES string of the molecule is CCCCCCCCOOC(C)C. The van der Waals surface area contributed by atoms with Crippen LogP contribution < -0.4 is 0 Å². The van der Waals surface area contributed by atoms with Crippen LogP contribution in [-0.2, 0) is 9.78 Å². The summed E-state index contributed by atoms with van der Waals surface area (Å²) in [6.07, 6.45) is 7.94. The van der Waals surface area contributed by atoms with Gasteiger partial charge in [0.05, 0.1) is 12.7 Å². The van der Waals surface area contributed by atoms with E-state index in [1.807, 2.05) is 13.8 Å². The third kappa shape index (κ3) is 11.9. The van der Waals surface area contributed by atoms with E-state index in [4.69, 9.17) is 9.78 Å². The zero-order valence-corrected chi connectivity index (χ0v) is 9.34. The fourth-order valence-electron chi connectivity index (χ4n) is 1.13. The average Bonchev–Trinajstić information content (AvgIpc) is 2.09. The van der Waals surface area contributed by atoms with Crippen LogP contribution in [0.2, 0.25) is 0 Å². The first-order valence-electron chi connectivity index (χ1n) is 5.55. The molecule has 0 aliphatic rings. The summed E-state index contributed by atoms with van der Waals surface area (Å²) in [6, 6.07) is 0. The largest absolute Gasteiger partial charge is 0.236 e. The molecule has 0 aromatic rings. The van der Waals surface area contributed by atoms with Gasteiger partial charge >= 0.3 is 0 Å². The maximum atomic E-state index is 5.00. The molecular weight excluding hydrogens is 164 g/mol. The van der Waals surface area contributed by atoms with E-state index in [1.165, 1.54) is 32.1 Å². The van der Waals surface area contributed by atoms with Crippen LogP contribution >= 0.6 is 0 Å². The summed E-state index contributed by atoms with van der Waals surface area (Å²) in [4.78, 5) is 9.97. The van der Waals surface area contributed by atoms with Crippen molar-refractivity contribution < 1.29 is 9.78 Å². The maximum Gasteiger partial charge on any atom is 0.0873 e. The second kappa shape index (κ2) is 10.0. The minimum Gasteiger partial charge on any atom is -0.236 e. The molecule has 0 aliphatic carbocycles. The molecule has 0 saturated heterocycles. The summed E-state index contributed by atoms with van der Waals surface area (Å²) >= 11 is 0. The van der Waals surface area contributed by atoms with Gasteiger partial charge in [-0.15, -0.1) is 0 Å². The number of rotatable bonds is 9. The Hall–Kier alpha value is -0.0800. The average molecular weight is 188 g/mol. The molecule has 0 bridgehead atoms. The lowest BCUT2D eigenvalue weighted by Crippen LogP contribution is -2.04. The van der Waals surface area contributed by atoms with Crippen LogP contribution in [0.15, 0.2) is 0 Å². The van der Waals surface area contributed by atoms with Gasteiger partial charge in [0.15, 0.2) is 0 Å². The quantitative estimate of drug-likeness (QED) is 0.312. The summed E-state index contributed by atoms with van der Waals surface area (Å²) < 4.78 is 0. The normalized spacial score (nSPS) is 11.1. The molecule has 0 radical (unpaired) electrons. The number of hydrogen-bond acceptors (Lipinski definition) is 2. The first-order chi connectivity index (χ1) is 6.27. The van der Waals surface area contributed by atoms with Crippen molar-refractivity contribution in [2.24, 2.45) is 0 Å². The van der Waals surface area contributed by atoms with Crippen LogP contribution in [0.25, 0.3) is 0 Å². The standard InChI is InChI=1S/C11H24O2/c1-4-5-6-7-8-9-10-12-13-11(2)3/h11H,4-10H2,1-3H3. The van der Waals surface area contributed by atoms with Crippen molar-refractivity contribution in [3.05, 3.63) is 0 Å². The van der Waals surface area contributed by atoms with Gasteiger partial charge in [0.2, 0.25) is 0 Å². The Labute approximate surface area is 82.5 Å². The Bertz CT molecular complexity index is 92.1. The molecular formula is C11H24O2. The molecule has 0 rings (SSSR count). The Balaban J connectivity index is 2.84. The molecule has 0 aliphatic heterocycles. The fraction of sp³-hybridized carbons (Fsp3) is 1.00. The molecule has 0 N–H and O–H groups in total. The van der Waals surface area contributed by atoms with Gasteiger partial charge in [0, 0.05) is 0 Å². The third-order valence-corrected chi connectivity index (χ3v) is 1.84. The van der Waals surface area contributed by atoms with Crippen molar-refractivity contribution in [3.8, 4) is 0 Å². The highest BCUT2D eigenvalue weighted by Crippen LogP contribution is 2.05. The molecule has 0 fully saturated rings. The Morgan fingerprint density at radius 2 is 1.54 bits per heavy atom. The molecule has 0 saturated carbocycles. The molecule has 2 nitrogen and oxygen atoms in total. The molecule has 0 atom stereocenters. The summed E-state index contributed by atoms with van der Waals surface area (Å²) in [5, 5.41) is 0. The van der Waals surface area contributed by atoms with E-state index in [1.54, 1.807) is 0 Å². The fourth-order valence-corrected chi connectivity index (χ4v) is 1.13. The van der Waals surface area contributed by atoms with E-state index in [2.05, 4.69) is 6.92 Å². The van der Waals surface area contributed by atoms with Gasteiger partial charge in [-0.2, -0.15) is 0 Å².